The van der Waals surface area contributed by atoms with Crippen molar-refractivity contribution >= 4 is 23.2 Å². The molecule has 0 radical (unpaired) electrons. The summed E-state index contributed by atoms with van der Waals surface area (Å²) in [6.45, 7) is 0.727. The normalized spacial score (nSPS) is 24.9. The number of aliphatic hydroxyl groups is 1. The number of fused-ring (bicyclic) bond motifs is 3. The van der Waals surface area contributed by atoms with Crippen LogP contribution in [0.4, 0.5) is 17.3 Å². The van der Waals surface area contributed by atoms with Crippen LogP contribution in [0, 0.1) is 0 Å². The molecule has 2 aromatic rings. The maximum Gasteiger partial charge on any atom is 0.252 e. The van der Waals surface area contributed by atoms with Crippen LogP contribution in [0.5, 0.6) is 0 Å². The quantitative estimate of drug-likeness (QED) is 0.591. The van der Waals surface area contributed by atoms with Gasteiger partial charge in [-0.1, -0.05) is 0 Å². The Labute approximate surface area is 168 Å². The van der Waals surface area contributed by atoms with Crippen LogP contribution < -0.4 is 21.3 Å². The van der Waals surface area contributed by atoms with Crippen molar-refractivity contribution in [3.8, 4) is 0 Å². The molecule has 5 N–H and O–H groups in total. The molecule has 9 nitrogen and oxygen atoms in total. The number of nitrogens with zero attached hydrogens (tertiary/aromatic N) is 4. The van der Waals surface area contributed by atoms with Crippen molar-refractivity contribution in [2.75, 3.05) is 22.1 Å². The van der Waals surface area contributed by atoms with Gasteiger partial charge >= 0.3 is 0 Å². The minimum absolute atomic E-state index is 0.0978. The maximum absolute atomic E-state index is 12.0. The van der Waals surface area contributed by atoms with Gasteiger partial charge in [0.05, 0.1) is 23.6 Å². The SMILES string of the molecule is NC(=O)c1cnc2c(c1NC1C[C@H]3CC[C@@H](C1)N3c1ccc(CO)nn1)CCN2. The van der Waals surface area contributed by atoms with Crippen molar-refractivity contribution in [2.45, 2.75) is 56.8 Å². The predicted molar refractivity (Wildman–Crippen MR) is 109 cm³/mol. The van der Waals surface area contributed by atoms with Gasteiger partial charge in [0.1, 0.15) is 5.82 Å². The summed E-state index contributed by atoms with van der Waals surface area (Å²) in [6, 6.07) is 4.80. The number of aromatic nitrogens is 3. The molecule has 2 bridgehead atoms. The number of rotatable bonds is 5. The van der Waals surface area contributed by atoms with E-state index in [2.05, 4.69) is 30.7 Å². The largest absolute Gasteiger partial charge is 0.390 e. The summed E-state index contributed by atoms with van der Waals surface area (Å²) < 4.78 is 0. The summed E-state index contributed by atoms with van der Waals surface area (Å²) in [5.41, 5.74) is 8.57. The zero-order valence-corrected chi connectivity index (χ0v) is 16.1. The van der Waals surface area contributed by atoms with Gasteiger partial charge < -0.3 is 26.4 Å². The topological polar surface area (TPSA) is 129 Å². The molecule has 2 saturated heterocycles. The van der Waals surface area contributed by atoms with Crippen molar-refractivity contribution < 1.29 is 9.90 Å². The molecule has 0 aliphatic carbocycles. The van der Waals surface area contributed by atoms with E-state index in [1.807, 2.05) is 12.1 Å². The Hall–Kier alpha value is -2.94. The average Bonchev–Trinajstić information content (AvgIpc) is 3.31. The molecule has 3 atom stereocenters. The summed E-state index contributed by atoms with van der Waals surface area (Å²) in [7, 11) is 0. The van der Waals surface area contributed by atoms with E-state index < -0.39 is 5.91 Å². The molecular weight excluding hydrogens is 370 g/mol. The summed E-state index contributed by atoms with van der Waals surface area (Å²) in [5.74, 6) is 1.27. The lowest BCUT2D eigenvalue weighted by Crippen LogP contribution is -2.47. The second-order valence-corrected chi connectivity index (χ2v) is 8.06. The highest BCUT2D eigenvalue weighted by Crippen LogP contribution is 2.40. The molecule has 152 valence electrons. The number of anilines is 3. The van der Waals surface area contributed by atoms with E-state index in [1.165, 1.54) is 0 Å². The minimum atomic E-state index is -0.450. The summed E-state index contributed by atoms with van der Waals surface area (Å²) >= 11 is 0. The highest BCUT2D eigenvalue weighted by molar-refractivity contribution is 6.00. The van der Waals surface area contributed by atoms with Gasteiger partial charge in [-0.25, -0.2) is 4.98 Å². The van der Waals surface area contributed by atoms with E-state index in [0.717, 1.165) is 61.5 Å². The smallest absolute Gasteiger partial charge is 0.252 e. The first kappa shape index (κ1) is 18.1. The van der Waals surface area contributed by atoms with Gasteiger partial charge in [-0.15, -0.1) is 5.10 Å². The summed E-state index contributed by atoms with van der Waals surface area (Å²) in [4.78, 5) is 18.7. The monoisotopic (exact) mass is 395 g/mol. The molecule has 2 fully saturated rings. The Bertz CT molecular complexity index is 919. The van der Waals surface area contributed by atoms with E-state index in [4.69, 9.17) is 5.73 Å². The van der Waals surface area contributed by atoms with Crippen LogP contribution in [0.3, 0.4) is 0 Å². The molecule has 2 aromatic heterocycles. The Morgan fingerprint density at radius 1 is 1.28 bits per heavy atom. The Morgan fingerprint density at radius 3 is 2.72 bits per heavy atom. The van der Waals surface area contributed by atoms with Crippen molar-refractivity contribution in [1.29, 1.82) is 0 Å². The van der Waals surface area contributed by atoms with E-state index in [9.17, 15) is 9.90 Å². The fourth-order valence-electron chi connectivity index (χ4n) is 5.05. The molecule has 5 heterocycles. The van der Waals surface area contributed by atoms with Crippen LogP contribution in [0.1, 0.15) is 47.3 Å². The molecule has 0 spiro atoms. The van der Waals surface area contributed by atoms with Crippen LogP contribution in [-0.2, 0) is 13.0 Å². The molecule has 3 aliphatic rings. The molecule has 5 rings (SSSR count). The van der Waals surface area contributed by atoms with Crippen LogP contribution in [-0.4, -0.2) is 50.9 Å². The average molecular weight is 395 g/mol. The maximum atomic E-state index is 12.0. The molecule has 29 heavy (non-hydrogen) atoms. The lowest BCUT2D eigenvalue weighted by atomic mass is 9.96. The third-order valence-electron chi connectivity index (χ3n) is 6.33. The zero-order chi connectivity index (χ0) is 20.0. The molecule has 0 saturated carbocycles. The van der Waals surface area contributed by atoms with Crippen LogP contribution in [0.2, 0.25) is 0 Å². The number of nitrogens with two attached hydrogens (primary N) is 1. The highest BCUT2D eigenvalue weighted by atomic mass is 16.3. The van der Waals surface area contributed by atoms with E-state index >= 15 is 0 Å². The highest BCUT2D eigenvalue weighted by Gasteiger charge is 2.42. The van der Waals surface area contributed by atoms with Gasteiger partial charge in [0.2, 0.25) is 0 Å². The lowest BCUT2D eigenvalue weighted by molar-refractivity contribution is 0.100. The third kappa shape index (κ3) is 3.15. The number of hydrogen-bond donors (Lipinski definition) is 4. The first-order valence-corrected chi connectivity index (χ1v) is 10.2. The van der Waals surface area contributed by atoms with E-state index in [1.54, 1.807) is 6.20 Å². The lowest BCUT2D eigenvalue weighted by Gasteiger charge is -2.40. The zero-order valence-electron chi connectivity index (χ0n) is 16.1. The Balaban J connectivity index is 1.37. The van der Waals surface area contributed by atoms with Crippen LogP contribution >= 0.6 is 0 Å². The van der Waals surface area contributed by atoms with Gasteiger partial charge in [0.25, 0.3) is 5.91 Å². The number of piperidine rings is 1. The third-order valence-corrected chi connectivity index (χ3v) is 6.33. The fourth-order valence-corrected chi connectivity index (χ4v) is 5.05. The number of aliphatic hydroxyl groups excluding tert-OH is 1. The number of carbonyl (C=O) groups is 1. The first-order valence-electron chi connectivity index (χ1n) is 10.2. The van der Waals surface area contributed by atoms with Crippen molar-refractivity contribution in [2.24, 2.45) is 5.73 Å². The van der Waals surface area contributed by atoms with Crippen LogP contribution in [0.15, 0.2) is 18.3 Å². The molecular formula is C20H25N7O2. The molecule has 0 aromatic carbocycles. The Kier molecular flexibility index (Phi) is 4.46. The second-order valence-electron chi connectivity index (χ2n) is 8.06. The van der Waals surface area contributed by atoms with Gasteiger partial charge in [-0.3, -0.25) is 4.79 Å². The second kappa shape index (κ2) is 7.14. The number of pyridine rings is 1. The first-order chi connectivity index (χ1) is 14.1. The molecule has 3 aliphatic heterocycles. The molecule has 1 amide bonds. The predicted octanol–water partition coefficient (Wildman–Crippen LogP) is 1.04. The summed E-state index contributed by atoms with van der Waals surface area (Å²) in [5, 5.41) is 24.5. The van der Waals surface area contributed by atoms with Crippen molar-refractivity contribution in [1.82, 2.24) is 15.2 Å². The van der Waals surface area contributed by atoms with Crippen molar-refractivity contribution in [3.63, 3.8) is 0 Å². The molecule has 9 heteroatoms. The van der Waals surface area contributed by atoms with Gasteiger partial charge in [-0.05, 0) is 44.2 Å². The number of carbonyl (C=O) groups excluding carboxylic acids is 1. The van der Waals surface area contributed by atoms with Gasteiger partial charge in [-0.2, -0.15) is 5.10 Å². The Morgan fingerprint density at radius 2 is 2.07 bits per heavy atom. The number of primary amides is 1. The minimum Gasteiger partial charge on any atom is -0.390 e. The number of nitrogens with one attached hydrogen (secondary N) is 2. The van der Waals surface area contributed by atoms with E-state index in [0.29, 0.717) is 23.3 Å². The fraction of sp³-hybridized carbons (Fsp3) is 0.500. The number of hydrogen-bond acceptors (Lipinski definition) is 8. The summed E-state index contributed by atoms with van der Waals surface area (Å²) in [6.07, 6.45) is 6.56. The standard InChI is InChI=1S/C20H25N7O2/c21-19(29)16-9-23-20-15(5-6-22-20)18(16)24-12-7-13-2-3-14(8-12)27(13)17-4-1-11(10-28)25-26-17/h1,4,9,12-14,28H,2-3,5-8,10H2,(H2,21,29)(H2,22,23,24)/t12?,13-,14+. The van der Waals surface area contributed by atoms with Gasteiger partial charge in [0.15, 0.2) is 5.82 Å². The molecule has 1 unspecified atom stereocenters. The van der Waals surface area contributed by atoms with Crippen LogP contribution in [0.25, 0.3) is 0 Å². The van der Waals surface area contributed by atoms with Crippen molar-refractivity contribution in [3.05, 3.63) is 35.2 Å². The van der Waals surface area contributed by atoms with Gasteiger partial charge in [0, 0.05) is 36.4 Å². The number of amides is 1. The van der Waals surface area contributed by atoms with E-state index in [-0.39, 0.29) is 12.6 Å².